The van der Waals surface area contributed by atoms with Gasteiger partial charge in [0.1, 0.15) is 0 Å². The van der Waals surface area contributed by atoms with Crippen LogP contribution in [0, 0.1) is 5.92 Å². The molecule has 1 aliphatic carbocycles. The van der Waals surface area contributed by atoms with Gasteiger partial charge in [-0.15, -0.1) is 0 Å². The molecule has 0 aromatic heterocycles. The van der Waals surface area contributed by atoms with E-state index in [1.807, 2.05) is 6.92 Å². The van der Waals surface area contributed by atoms with E-state index < -0.39 is 5.54 Å². The molecule has 1 fully saturated rings. The van der Waals surface area contributed by atoms with E-state index in [0.29, 0.717) is 6.04 Å². The Morgan fingerprint density at radius 2 is 1.88 bits per heavy atom. The molecule has 0 aliphatic heterocycles. The van der Waals surface area contributed by atoms with Gasteiger partial charge in [0.15, 0.2) is 0 Å². The average molecular weight is 240 g/mol. The molecule has 3 heteroatoms. The molecule has 1 saturated carbocycles. The van der Waals surface area contributed by atoms with Gasteiger partial charge in [0.2, 0.25) is 5.91 Å². The summed E-state index contributed by atoms with van der Waals surface area (Å²) in [5.74, 6) is 0.0688. The summed E-state index contributed by atoms with van der Waals surface area (Å²) in [5.41, 5.74) is 5.05. The van der Waals surface area contributed by atoms with Gasteiger partial charge in [-0.3, -0.25) is 4.79 Å². The molecule has 0 aromatic carbocycles. The zero-order valence-corrected chi connectivity index (χ0v) is 11.6. The number of rotatable bonds is 5. The van der Waals surface area contributed by atoms with Crippen molar-refractivity contribution in [1.82, 2.24) is 5.32 Å². The maximum atomic E-state index is 11.7. The first-order chi connectivity index (χ1) is 8.00. The molecule has 0 radical (unpaired) electrons. The Hall–Kier alpha value is -0.570. The second-order valence-corrected chi connectivity index (χ2v) is 5.71. The summed E-state index contributed by atoms with van der Waals surface area (Å²) in [4.78, 5) is 11.7. The number of primary amides is 1. The molecule has 0 heterocycles. The summed E-state index contributed by atoms with van der Waals surface area (Å²) in [6, 6.07) is 0.462. The Balaban J connectivity index is 2.68. The van der Waals surface area contributed by atoms with Gasteiger partial charge in [-0.1, -0.05) is 46.0 Å². The lowest BCUT2D eigenvalue weighted by atomic mass is 9.83. The van der Waals surface area contributed by atoms with Crippen LogP contribution in [0.15, 0.2) is 0 Å². The molecule has 100 valence electrons. The zero-order valence-electron chi connectivity index (χ0n) is 11.6. The minimum atomic E-state index is -0.552. The van der Waals surface area contributed by atoms with E-state index in [4.69, 9.17) is 5.73 Å². The van der Waals surface area contributed by atoms with Gasteiger partial charge < -0.3 is 11.1 Å². The Kier molecular flexibility index (Phi) is 5.44. The molecule has 0 bridgehead atoms. The highest BCUT2D eigenvalue weighted by molar-refractivity contribution is 5.84. The van der Waals surface area contributed by atoms with Crippen molar-refractivity contribution in [2.45, 2.75) is 77.3 Å². The fourth-order valence-corrected chi connectivity index (χ4v) is 2.71. The van der Waals surface area contributed by atoms with Crippen molar-refractivity contribution in [3.8, 4) is 0 Å². The number of amides is 1. The molecule has 2 atom stereocenters. The van der Waals surface area contributed by atoms with Crippen LogP contribution in [0.4, 0.5) is 0 Å². The minimum Gasteiger partial charge on any atom is -0.368 e. The van der Waals surface area contributed by atoms with Crippen molar-refractivity contribution in [1.29, 1.82) is 0 Å². The van der Waals surface area contributed by atoms with Crippen LogP contribution in [0.2, 0.25) is 0 Å². The van der Waals surface area contributed by atoms with E-state index in [9.17, 15) is 4.79 Å². The SMILES string of the molecule is CCC(C)C(C)(NC1CCCCCC1)C(N)=O. The van der Waals surface area contributed by atoms with Crippen molar-refractivity contribution in [3.63, 3.8) is 0 Å². The van der Waals surface area contributed by atoms with Crippen molar-refractivity contribution < 1.29 is 4.79 Å². The molecule has 1 aliphatic rings. The lowest BCUT2D eigenvalue weighted by molar-refractivity contribution is -0.126. The standard InChI is InChI=1S/C14H28N2O/c1-4-11(2)14(3,13(15)17)16-12-9-7-5-6-8-10-12/h11-12,16H,4-10H2,1-3H3,(H2,15,17). The Morgan fingerprint density at radius 3 is 2.29 bits per heavy atom. The number of hydrogen-bond acceptors (Lipinski definition) is 2. The molecule has 0 spiro atoms. The summed E-state index contributed by atoms with van der Waals surface area (Å²) in [5, 5.41) is 3.55. The van der Waals surface area contributed by atoms with E-state index in [0.717, 1.165) is 6.42 Å². The van der Waals surface area contributed by atoms with Crippen LogP contribution in [0.5, 0.6) is 0 Å². The monoisotopic (exact) mass is 240 g/mol. The number of carbonyl (C=O) groups is 1. The highest BCUT2D eigenvalue weighted by Gasteiger charge is 2.37. The third-order valence-corrected chi connectivity index (χ3v) is 4.47. The topological polar surface area (TPSA) is 55.1 Å². The second kappa shape index (κ2) is 6.39. The number of carbonyl (C=O) groups excluding carboxylic acids is 1. The summed E-state index contributed by atoms with van der Waals surface area (Å²) < 4.78 is 0. The van der Waals surface area contributed by atoms with Crippen LogP contribution in [-0.2, 0) is 4.79 Å². The summed E-state index contributed by atoms with van der Waals surface area (Å²) in [7, 11) is 0. The van der Waals surface area contributed by atoms with E-state index in [1.54, 1.807) is 0 Å². The Labute approximate surface area is 106 Å². The Morgan fingerprint density at radius 1 is 1.35 bits per heavy atom. The fraction of sp³-hybridized carbons (Fsp3) is 0.929. The highest BCUT2D eigenvalue weighted by Crippen LogP contribution is 2.25. The van der Waals surface area contributed by atoms with Crippen LogP contribution >= 0.6 is 0 Å². The van der Waals surface area contributed by atoms with Crippen molar-refractivity contribution in [3.05, 3.63) is 0 Å². The van der Waals surface area contributed by atoms with Gasteiger partial charge in [0, 0.05) is 6.04 Å². The lowest BCUT2D eigenvalue weighted by Crippen LogP contribution is -2.60. The van der Waals surface area contributed by atoms with Crippen LogP contribution in [-0.4, -0.2) is 17.5 Å². The quantitative estimate of drug-likeness (QED) is 0.726. The van der Waals surface area contributed by atoms with Gasteiger partial charge in [-0.05, 0) is 25.7 Å². The predicted molar refractivity (Wildman–Crippen MR) is 71.7 cm³/mol. The van der Waals surface area contributed by atoms with Crippen molar-refractivity contribution in [2.75, 3.05) is 0 Å². The highest BCUT2D eigenvalue weighted by atomic mass is 16.1. The molecule has 3 nitrogen and oxygen atoms in total. The molecule has 3 N–H and O–H groups in total. The first-order valence-corrected chi connectivity index (χ1v) is 7.08. The van der Waals surface area contributed by atoms with Gasteiger partial charge in [-0.25, -0.2) is 0 Å². The van der Waals surface area contributed by atoms with Crippen LogP contribution in [0.3, 0.4) is 0 Å². The summed E-state index contributed by atoms with van der Waals surface area (Å²) >= 11 is 0. The van der Waals surface area contributed by atoms with Crippen molar-refractivity contribution in [2.24, 2.45) is 11.7 Å². The first-order valence-electron chi connectivity index (χ1n) is 7.08. The molecular formula is C14H28N2O. The third kappa shape index (κ3) is 3.70. The number of nitrogens with two attached hydrogens (primary N) is 1. The predicted octanol–water partition coefficient (Wildman–Crippen LogP) is 2.59. The van der Waals surface area contributed by atoms with Crippen molar-refractivity contribution >= 4 is 5.91 Å². The van der Waals surface area contributed by atoms with Gasteiger partial charge in [0.05, 0.1) is 5.54 Å². The Bertz CT molecular complexity index is 247. The average Bonchev–Trinajstić information content (AvgIpc) is 2.56. The summed E-state index contributed by atoms with van der Waals surface area (Å²) in [6.07, 6.45) is 8.53. The van der Waals surface area contributed by atoms with E-state index >= 15 is 0 Å². The smallest absolute Gasteiger partial charge is 0.237 e. The number of nitrogens with one attached hydrogen (secondary N) is 1. The number of hydrogen-bond donors (Lipinski definition) is 2. The molecule has 0 saturated heterocycles. The largest absolute Gasteiger partial charge is 0.368 e. The first kappa shape index (κ1) is 14.5. The van der Waals surface area contributed by atoms with Crippen LogP contribution < -0.4 is 11.1 Å². The normalized spacial score (nSPS) is 23.7. The lowest BCUT2D eigenvalue weighted by Gasteiger charge is -2.37. The van der Waals surface area contributed by atoms with Crippen LogP contribution in [0.1, 0.15) is 65.7 Å². The summed E-state index contributed by atoms with van der Waals surface area (Å²) in [6.45, 7) is 6.18. The molecular weight excluding hydrogens is 212 g/mol. The van der Waals surface area contributed by atoms with E-state index in [1.165, 1.54) is 38.5 Å². The maximum absolute atomic E-state index is 11.7. The molecule has 17 heavy (non-hydrogen) atoms. The van der Waals surface area contributed by atoms with E-state index in [-0.39, 0.29) is 11.8 Å². The van der Waals surface area contributed by atoms with Gasteiger partial charge >= 0.3 is 0 Å². The molecule has 1 rings (SSSR count). The minimum absolute atomic E-state index is 0.212. The van der Waals surface area contributed by atoms with Gasteiger partial charge in [0.25, 0.3) is 0 Å². The molecule has 1 amide bonds. The second-order valence-electron chi connectivity index (χ2n) is 5.71. The maximum Gasteiger partial charge on any atom is 0.237 e. The molecule has 2 unspecified atom stereocenters. The fourth-order valence-electron chi connectivity index (χ4n) is 2.71. The third-order valence-electron chi connectivity index (χ3n) is 4.47. The van der Waals surface area contributed by atoms with Gasteiger partial charge in [-0.2, -0.15) is 0 Å². The van der Waals surface area contributed by atoms with Crippen LogP contribution in [0.25, 0.3) is 0 Å². The van der Waals surface area contributed by atoms with E-state index in [2.05, 4.69) is 19.2 Å². The molecule has 0 aromatic rings. The zero-order chi connectivity index (χ0) is 12.9.